The molecule has 0 amide bonds. The second kappa shape index (κ2) is 4.53. The van der Waals surface area contributed by atoms with Gasteiger partial charge in [0.15, 0.2) is 11.5 Å². The third-order valence-electron chi connectivity index (χ3n) is 2.84. The van der Waals surface area contributed by atoms with Crippen molar-refractivity contribution in [2.75, 3.05) is 20.8 Å². The summed E-state index contributed by atoms with van der Waals surface area (Å²) in [5.41, 5.74) is 2.62. The monoisotopic (exact) mass is 207 g/mol. The minimum Gasteiger partial charge on any atom is -0.493 e. The highest BCUT2D eigenvalue weighted by Gasteiger charge is 2.16. The maximum absolute atomic E-state index is 5.44. The molecular weight excluding hydrogens is 190 g/mol. The van der Waals surface area contributed by atoms with Gasteiger partial charge in [-0.15, -0.1) is 0 Å². The minimum atomic E-state index is 0.832. The molecule has 1 aliphatic heterocycles. The van der Waals surface area contributed by atoms with Crippen LogP contribution in [0.5, 0.6) is 11.5 Å². The van der Waals surface area contributed by atoms with Crippen LogP contribution in [-0.4, -0.2) is 20.8 Å². The van der Waals surface area contributed by atoms with Crippen LogP contribution >= 0.6 is 0 Å². The fourth-order valence-electron chi connectivity index (χ4n) is 2.08. The summed E-state index contributed by atoms with van der Waals surface area (Å²) in [6.07, 6.45) is 2.21. The van der Waals surface area contributed by atoms with Crippen molar-refractivity contribution in [3.05, 3.63) is 23.3 Å². The zero-order chi connectivity index (χ0) is 10.7. The number of nitrogens with one attached hydrogen (secondary N) is 1. The Morgan fingerprint density at radius 2 is 2.07 bits per heavy atom. The Bertz CT molecular complexity index is 350. The van der Waals surface area contributed by atoms with Crippen LogP contribution in [0.2, 0.25) is 0 Å². The van der Waals surface area contributed by atoms with Gasteiger partial charge in [0.2, 0.25) is 0 Å². The average Bonchev–Trinajstić information content (AvgIpc) is 2.52. The van der Waals surface area contributed by atoms with E-state index in [1.54, 1.807) is 14.2 Å². The summed E-state index contributed by atoms with van der Waals surface area (Å²) in [5, 5.41) is 3.40. The largest absolute Gasteiger partial charge is 0.493 e. The number of benzene rings is 1. The molecule has 0 saturated heterocycles. The molecule has 0 saturated carbocycles. The minimum absolute atomic E-state index is 0.832. The third kappa shape index (κ3) is 1.92. The Morgan fingerprint density at radius 1 is 1.20 bits per heavy atom. The van der Waals surface area contributed by atoms with Crippen LogP contribution in [0.3, 0.4) is 0 Å². The van der Waals surface area contributed by atoms with Gasteiger partial charge in [-0.25, -0.2) is 0 Å². The van der Waals surface area contributed by atoms with Crippen molar-refractivity contribution < 1.29 is 9.47 Å². The fourth-order valence-corrected chi connectivity index (χ4v) is 2.08. The van der Waals surface area contributed by atoms with E-state index in [1.807, 2.05) is 6.07 Å². The van der Waals surface area contributed by atoms with Crippen LogP contribution in [-0.2, 0) is 13.0 Å². The van der Waals surface area contributed by atoms with E-state index in [2.05, 4.69) is 11.4 Å². The Labute approximate surface area is 90.4 Å². The molecule has 0 unspecified atom stereocenters. The van der Waals surface area contributed by atoms with E-state index >= 15 is 0 Å². The Balaban J connectivity index is 2.47. The molecule has 3 heteroatoms. The van der Waals surface area contributed by atoms with E-state index < -0.39 is 0 Å². The van der Waals surface area contributed by atoms with E-state index in [4.69, 9.17) is 9.47 Å². The first-order valence-electron chi connectivity index (χ1n) is 5.30. The lowest BCUT2D eigenvalue weighted by molar-refractivity contribution is 0.351. The SMILES string of the molecule is COc1ccc2c(c1OC)CCCNC2. The normalized spacial score (nSPS) is 15.3. The highest BCUT2D eigenvalue weighted by molar-refractivity contribution is 5.51. The molecule has 15 heavy (non-hydrogen) atoms. The van der Waals surface area contributed by atoms with Crippen LogP contribution in [0.4, 0.5) is 0 Å². The molecule has 82 valence electrons. The molecule has 1 heterocycles. The molecule has 0 spiro atoms. The van der Waals surface area contributed by atoms with E-state index in [0.29, 0.717) is 0 Å². The number of methoxy groups -OCH3 is 2. The fraction of sp³-hybridized carbons (Fsp3) is 0.500. The molecule has 1 N–H and O–H groups in total. The summed E-state index contributed by atoms with van der Waals surface area (Å²) in [4.78, 5) is 0. The zero-order valence-corrected chi connectivity index (χ0v) is 9.30. The molecule has 0 bridgehead atoms. The summed E-state index contributed by atoms with van der Waals surface area (Å²) in [5.74, 6) is 1.73. The predicted octanol–water partition coefficient (Wildman–Crippen LogP) is 1.74. The van der Waals surface area contributed by atoms with Gasteiger partial charge in [-0.1, -0.05) is 6.07 Å². The van der Waals surface area contributed by atoms with Crippen molar-refractivity contribution >= 4 is 0 Å². The van der Waals surface area contributed by atoms with Gasteiger partial charge >= 0.3 is 0 Å². The molecule has 2 rings (SSSR count). The van der Waals surface area contributed by atoms with E-state index in [0.717, 1.165) is 37.4 Å². The van der Waals surface area contributed by atoms with Crippen LogP contribution < -0.4 is 14.8 Å². The molecule has 3 nitrogen and oxygen atoms in total. The second-order valence-corrected chi connectivity index (χ2v) is 3.72. The molecule has 1 aliphatic rings. The third-order valence-corrected chi connectivity index (χ3v) is 2.84. The topological polar surface area (TPSA) is 30.5 Å². The molecule has 0 atom stereocenters. The van der Waals surface area contributed by atoms with Crippen molar-refractivity contribution in [2.24, 2.45) is 0 Å². The average molecular weight is 207 g/mol. The number of fused-ring (bicyclic) bond motifs is 1. The van der Waals surface area contributed by atoms with Crippen molar-refractivity contribution in [1.29, 1.82) is 0 Å². The Kier molecular flexibility index (Phi) is 3.11. The van der Waals surface area contributed by atoms with E-state index in [9.17, 15) is 0 Å². The van der Waals surface area contributed by atoms with E-state index in [-0.39, 0.29) is 0 Å². The van der Waals surface area contributed by atoms with Gasteiger partial charge in [0.05, 0.1) is 14.2 Å². The summed E-state index contributed by atoms with van der Waals surface area (Å²) in [6, 6.07) is 4.10. The van der Waals surface area contributed by atoms with Gasteiger partial charge in [0, 0.05) is 12.1 Å². The van der Waals surface area contributed by atoms with Crippen LogP contribution in [0.1, 0.15) is 17.5 Å². The highest BCUT2D eigenvalue weighted by Crippen LogP contribution is 2.34. The summed E-state index contributed by atoms with van der Waals surface area (Å²) >= 11 is 0. The quantitative estimate of drug-likeness (QED) is 0.801. The molecule has 1 aromatic carbocycles. The van der Waals surface area contributed by atoms with Crippen molar-refractivity contribution in [3.8, 4) is 11.5 Å². The summed E-state index contributed by atoms with van der Waals surface area (Å²) in [7, 11) is 3.38. The first-order valence-corrected chi connectivity index (χ1v) is 5.30. The summed E-state index contributed by atoms with van der Waals surface area (Å²) < 4.78 is 10.7. The lowest BCUT2D eigenvalue weighted by Gasteiger charge is -2.14. The van der Waals surface area contributed by atoms with Gasteiger partial charge in [-0.2, -0.15) is 0 Å². The van der Waals surface area contributed by atoms with E-state index in [1.165, 1.54) is 11.1 Å². The molecule has 0 aromatic heterocycles. The number of rotatable bonds is 2. The predicted molar refractivity (Wildman–Crippen MR) is 59.6 cm³/mol. The lowest BCUT2D eigenvalue weighted by Crippen LogP contribution is -2.11. The zero-order valence-electron chi connectivity index (χ0n) is 9.30. The maximum atomic E-state index is 5.44. The first-order chi connectivity index (χ1) is 7.36. The molecule has 0 fully saturated rings. The molecule has 1 aromatic rings. The van der Waals surface area contributed by atoms with Gasteiger partial charge in [0.25, 0.3) is 0 Å². The van der Waals surface area contributed by atoms with Crippen molar-refractivity contribution in [1.82, 2.24) is 5.32 Å². The summed E-state index contributed by atoms with van der Waals surface area (Å²) in [6.45, 7) is 2.00. The standard InChI is InChI=1S/C12H17NO2/c1-14-11-6-5-9-8-13-7-3-4-10(9)12(11)15-2/h5-6,13H,3-4,7-8H2,1-2H3. The van der Waals surface area contributed by atoms with Crippen LogP contribution in [0.15, 0.2) is 12.1 Å². The van der Waals surface area contributed by atoms with Gasteiger partial charge in [-0.3, -0.25) is 0 Å². The number of hydrogen-bond acceptors (Lipinski definition) is 3. The van der Waals surface area contributed by atoms with Crippen molar-refractivity contribution in [2.45, 2.75) is 19.4 Å². The molecule has 0 radical (unpaired) electrons. The molecular formula is C12H17NO2. The van der Waals surface area contributed by atoms with Crippen LogP contribution in [0, 0.1) is 0 Å². The Morgan fingerprint density at radius 3 is 2.80 bits per heavy atom. The van der Waals surface area contributed by atoms with Crippen LogP contribution in [0.25, 0.3) is 0 Å². The van der Waals surface area contributed by atoms with Gasteiger partial charge in [0.1, 0.15) is 0 Å². The molecule has 0 aliphatic carbocycles. The first kappa shape index (κ1) is 10.3. The number of hydrogen-bond donors (Lipinski definition) is 1. The second-order valence-electron chi connectivity index (χ2n) is 3.72. The van der Waals surface area contributed by atoms with Gasteiger partial charge < -0.3 is 14.8 Å². The smallest absolute Gasteiger partial charge is 0.164 e. The lowest BCUT2D eigenvalue weighted by atomic mass is 10.0. The maximum Gasteiger partial charge on any atom is 0.164 e. The Hall–Kier alpha value is -1.22. The number of ether oxygens (including phenoxy) is 2. The highest BCUT2D eigenvalue weighted by atomic mass is 16.5. The van der Waals surface area contributed by atoms with Crippen molar-refractivity contribution in [3.63, 3.8) is 0 Å². The van der Waals surface area contributed by atoms with Gasteiger partial charge in [-0.05, 0) is 31.0 Å².